The summed E-state index contributed by atoms with van der Waals surface area (Å²) in [6, 6.07) is 11.8. The third-order valence-corrected chi connectivity index (χ3v) is 6.20. The Kier molecular flexibility index (Phi) is 4.82. The second-order valence-electron chi connectivity index (χ2n) is 5.97. The van der Waals surface area contributed by atoms with Gasteiger partial charge in [-0.2, -0.15) is 0 Å². The summed E-state index contributed by atoms with van der Waals surface area (Å²) < 4.78 is 1.15. The Morgan fingerprint density at radius 2 is 1.90 bits per heavy atom. The van der Waals surface area contributed by atoms with E-state index in [-0.39, 0.29) is 0 Å². The zero-order valence-electron chi connectivity index (χ0n) is 12.7. The minimum absolute atomic E-state index is 0.358. The van der Waals surface area contributed by atoms with Crippen LogP contribution in [0.3, 0.4) is 0 Å². The fourth-order valence-corrected chi connectivity index (χ4v) is 4.74. The van der Waals surface area contributed by atoms with Crippen molar-refractivity contribution in [3.05, 3.63) is 55.7 Å². The highest BCUT2D eigenvalue weighted by Gasteiger charge is 2.18. The Bertz CT molecular complexity index is 596. The maximum atomic E-state index is 3.74. The fourth-order valence-electron chi connectivity index (χ4n) is 3.06. The van der Waals surface area contributed by atoms with E-state index in [0.29, 0.717) is 12.1 Å². The summed E-state index contributed by atoms with van der Waals surface area (Å²) in [6.45, 7) is 4.53. The van der Waals surface area contributed by atoms with Gasteiger partial charge in [0.15, 0.2) is 0 Å². The van der Waals surface area contributed by atoms with E-state index in [0.717, 1.165) is 4.47 Å². The second kappa shape index (κ2) is 6.64. The van der Waals surface area contributed by atoms with Crippen molar-refractivity contribution in [1.82, 2.24) is 5.32 Å². The van der Waals surface area contributed by atoms with Crippen LogP contribution in [0.5, 0.6) is 0 Å². The molecule has 1 aromatic carbocycles. The van der Waals surface area contributed by atoms with Crippen molar-refractivity contribution in [3.63, 3.8) is 0 Å². The number of hydrogen-bond acceptors (Lipinski definition) is 2. The molecule has 0 aliphatic heterocycles. The SMILES string of the molecule is CC(NC(C)c1cc2c(s1)CCCC2)c1cccc(Br)c1. The standard InChI is InChI=1S/C18H22BrNS/c1-12(14-7-5-8-16(19)10-14)20-13(2)18-11-15-6-3-4-9-17(15)21-18/h5,7-8,10-13,20H,3-4,6,9H2,1-2H3. The first-order chi connectivity index (χ1) is 10.1. The number of aryl methyl sites for hydroxylation is 2. The first-order valence-electron chi connectivity index (χ1n) is 7.76. The number of benzene rings is 1. The summed E-state index contributed by atoms with van der Waals surface area (Å²) >= 11 is 5.57. The van der Waals surface area contributed by atoms with Gasteiger partial charge in [-0.1, -0.05) is 28.1 Å². The molecule has 1 aromatic heterocycles. The van der Waals surface area contributed by atoms with Crippen LogP contribution in [0.25, 0.3) is 0 Å². The summed E-state index contributed by atoms with van der Waals surface area (Å²) in [5.41, 5.74) is 2.93. The monoisotopic (exact) mass is 363 g/mol. The van der Waals surface area contributed by atoms with E-state index < -0.39 is 0 Å². The molecule has 3 rings (SSSR count). The zero-order valence-corrected chi connectivity index (χ0v) is 15.1. The van der Waals surface area contributed by atoms with Crippen LogP contribution in [0.15, 0.2) is 34.8 Å². The van der Waals surface area contributed by atoms with Crippen LogP contribution in [-0.4, -0.2) is 0 Å². The van der Waals surface area contributed by atoms with Gasteiger partial charge in [-0.05, 0) is 68.9 Å². The van der Waals surface area contributed by atoms with Crippen molar-refractivity contribution in [2.45, 2.75) is 51.6 Å². The fraction of sp³-hybridized carbons (Fsp3) is 0.444. The molecule has 2 aromatic rings. The maximum Gasteiger partial charge on any atom is 0.0391 e. The molecule has 0 saturated carbocycles. The molecule has 0 bridgehead atoms. The van der Waals surface area contributed by atoms with Crippen molar-refractivity contribution < 1.29 is 0 Å². The van der Waals surface area contributed by atoms with Crippen LogP contribution in [-0.2, 0) is 12.8 Å². The van der Waals surface area contributed by atoms with Gasteiger partial charge in [0.05, 0.1) is 0 Å². The number of nitrogens with one attached hydrogen (secondary N) is 1. The molecule has 0 amide bonds. The normalized spacial score (nSPS) is 17.3. The number of halogens is 1. The molecule has 0 spiro atoms. The Hall–Kier alpha value is -0.640. The molecule has 1 aliphatic carbocycles. The lowest BCUT2D eigenvalue weighted by Crippen LogP contribution is -2.21. The molecular formula is C18H22BrNS. The molecule has 1 N–H and O–H groups in total. The maximum absolute atomic E-state index is 3.74. The van der Waals surface area contributed by atoms with Crippen molar-refractivity contribution in [2.75, 3.05) is 0 Å². The van der Waals surface area contributed by atoms with Crippen LogP contribution in [0.1, 0.15) is 59.7 Å². The van der Waals surface area contributed by atoms with E-state index in [1.807, 2.05) is 11.3 Å². The number of hydrogen-bond donors (Lipinski definition) is 1. The summed E-state index contributed by atoms with van der Waals surface area (Å²) in [7, 11) is 0. The Morgan fingerprint density at radius 3 is 2.67 bits per heavy atom. The number of rotatable bonds is 4. The third-order valence-electron chi connectivity index (χ3n) is 4.29. The molecule has 3 heteroatoms. The lowest BCUT2D eigenvalue weighted by Gasteiger charge is -2.19. The molecule has 0 radical (unpaired) electrons. The van der Waals surface area contributed by atoms with Gasteiger partial charge in [0.2, 0.25) is 0 Å². The van der Waals surface area contributed by atoms with Crippen molar-refractivity contribution in [1.29, 1.82) is 0 Å². The number of fused-ring (bicyclic) bond motifs is 1. The molecule has 2 atom stereocenters. The lowest BCUT2D eigenvalue weighted by molar-refractivity contribution is 0.500. The van der Waals surface area contributed by atoms with Crippen LogP contribution in [0.4, 0.5) is 0 Å². The third kappa shape index (κ3) is 3.58. The van der Waals surface area contributed by atoms with E-state index in [4.69, 9.17) is 0 Å². The van der Waals surface area contributed by atoms with Crippen molar-refractivity contribution >= 4 is 27.3 Å². The lowest BCUT2D eigenvalue weighted by atomic mass is 9.99. The highest BCUT2D eigenvalue weighted by molar-refractivity contribution is 9.10. The van der Waals surface area contributed by atoms with E-state index in [9.17, 15) is 0 Å². The van der Waals surface area contributed by atoms with Gasteiger partial charge >= 0.3 is 0 Å². The molecule has 2 unspecified atom stereocenters. The van der Waals surface area contributed by atoms with E-state index in [1.165, 1.54) is 36.1 Å². The molecule has 0 fully saturated rings. The predicted molar refractivity (Wildman–Crippen MR) is 95.1 cm³/mol. The first-order valence-corrected chi connectivity index (χ1v) is 9.37. The highest BCUT2D eigenvalue weighted by Crippen LogP contribution is 2.33. The van der Waals surface area contributed by atoms with E-state index in [1.54, 1.807) is 10.4 Å². The van der Waals surface area contributed by atoms with Crippen molar-refractivity contribution in [2.24, 2.45) is 0 Å². The van der Waals surface area contributed by atoms with Gasteiger partial charge in [-0.25, -0.2) is 0 Å². The van der Waals surface area contributed by atoms with Gasteiger partial charge in [-0.15, -0.1) is 11.3 Å². The Labute approximate surface area is 139 Å². The predicted octanol–water partition coefficient (Wildman–Crippen LogP) is 5.80. The summed E-state index contributed by atoms with van der Waals surface area (Å²) in [6.07, 6.45) is 5.29. The first kappa shape index (κ1) is 15.3. The smallest absolute Gasteiger partial charge is 0.0391 e. The van der Waals surface area contributed by atoms with E-state index >= 15 is 0 Å². The van der Waals surface area contributed by atoms with Crippen molar-refractivity contribution in [3.8, 4) is 0 Å². The molecule has 1 aliphatic rings. The topological polar surface area (TPSA) is 12.0 Å². The summed E-state index contributed by atoms with van der Waals surface area (Å²) in [5, 5.41) is 3.74. The summed E-state index contributed by atoms with van der Waals surface area (Å²) in [4.78, 5) is 3.11. The largest absolute Gasteiger partial charge is 0.303 e. The minimum atomic E-state index is 0.358. The van der Waals surface area contributed by atoms with Crippen LogP contribution >= 0.6 is 27.3 Å². The molecule has 21 heavy (non-hydrogen) atoms. The van der Waals surface area contributed by atoms with Gasteiger partial charge in [-0.3, -0.25) is 0 Å². The van der Waals surface area contributed by atoms with Crippen LogP contribution < -0.4 is 5.32 Å². The summed E-state index contributed by atoms with van der Waals surface area (Å²) in [5.74, 6) is 0. The highest BCUT2D eigenvalue weighted by atomic mass is 79.9. The van der Waals surface area contributed by atoms with Gasteiger partial charge in [0.25, 0.3) is 0 Å². The second-order valence-corrected chi connectivity index (χ2v) is 8.05. The number of thiophene rings is 1. The van der Waals surface area contributed by atoms with Gasteiger partial charge < -0.3 is 5.32 Å². The molecular weight excluding hydrogens is 342 g/mol. The molecule has 1 nitrogen and oxygen atoms in total. The van der Waals surface area contributed by atoms with Crippen LogP contribution in [0, 0.1) is 0 Å². The zero-order chi connectivity index (χ0) is 14.8. The Balaban J connectivity index is 1.70. The molecule has 112 valence electrons. The minimum Gasteiger partial charge on any atom is -0.303 e. The van der Waals surface area contributed by atoms with Gasteiger partial charge in [0, 0.05) is 26.3 Å². The quantitative estimate of drug-likeness (QED) is 0.723. The van der Waals surface area contributed by atoms with E-state index in [2.05, 4.69) is 65.4 Å². The van der Waals surface area contributed by atoms with Crippen LogP contribution in [0.2, 0.25) is 0 Å². The molecule has 0 saturated heterocycles. The Morgan fingerprint density at radius 1 is 1.10 bits per heavy atom. The van der Waals surface area contributed by atoms with Gasteiger partial charge in [0.1, 0.15) is 0 Å². The average molecular weight is 364 g/mol. The molecule has 1 heterocycles. The average Bonchev–Trinajstić information content (AvgIpc) is 2.91.